The molecular weight excluding hydrogens is 252 g/mol. The fourth-order valence-corrected chi connectivity index (χ4v) is 2.59. The fourth-order valence-electron chi connectivity index (χ4n) is 2.59. The number of hydrogen-bond donors (Lipinski definition) is 1. The second-order valence-corrected chi connectivity index (χ2v) is 4.92. The third-order valence-corrected chi connectivity index (χ3v) is 3.59. The van der Waals surface area contributed by atoms with Crippen LogP contribution in [-0.4, -0.2) is 23.6 Å². The maximum absolute atomic E-state index is 5.75. The highest BCUT2D eigenvalue weighted by Crippen LogP contribution is 2.25. The van der Waals surface area contributed by atoms with Crippen LogP contribution in [0.4, 0.5) is 11.8 Å². The third kappa shape index (κ3) is 2.52. The van der Waals surface area contributed by atoms with Crippen molar-refractivity contribution in [3.63, 3.8) is 0 Å². The van der Waals surface area contributed by atoms with Crippen molar-refractivity contribution in [3.05, 3.63) is 41.5 Å². The Morgan fingerprint density at radius 3 is 2.80 bits per heavy atom. The molecular formula is C15H18N4O. The van der Waals surface area contributed by atoms with E-state index in [4.69, 9.17) is 10.5 Å². The largest absolute Gasteiger partial charge is 0.481 e. The molecule has 0 unspecified atom stereocenters. The van der Waals surface area contributed by atoms with E-state index in [1.54, 1.807) is 7.11 Å². The second-order valence-electron chi connectivity index (χ2n) is 4.92. The number of fused-ring (bicyclic) bond motifs is 1. The number of nitrogen functional groups attached to an aromatic ring is 1. The monoisotopic (exact) mass is 270 g/mol. The quantitative estimate of drug-likeness (QED) is 0.904. The lowest BCUT2D eigenvalue weighted by Gasteiger charge is -2.22. The number of nitrogens with two attached hydrogens (primary N) is 1. The van der Waals surface area contributed by atoms with Gasteiger partial charge in [-0.25, -0.2) is 0 Å². The Kier molecular flexibility index (Phi) is 3.41. The molecule has 20 heavy (non-hydrogen) atoms. The molecule has 0 atom stereocenters. The average Bonchev–Trinajstić information content (AvgIpc) is 2.68. The topological polar surface area (TPSA) is 64.3 Å². The Bertz CT molecular complexity index is 615. The summed E-state index contributed by atoms with van der Waals surface area (Å²) in [7, 11) is 1.59. The number of hydrogen-bond acceptors (Lipinski definition) is 5. The standard InChI is InChI=1S/C15H18N4O/c1-20-14-9-13(17-15(16)18-14)19-8-4-7-11-5-2-3-6-12(11)10-19/h2-3,5-6,9H,4,7-8,10H2,1H3,(H2,16,17,18). The van der Waals surface area contributed by atoms with Crippen molar-refractivity contribution in [2.24, 2.45) is 0 Å². The SMILES string of the molecule is COc1cc(N2CCCc3ccccc3C2)nc(N)n1. The van der Waals surface area contributed by atoms with E-state index >= 15 is 0 Å². The van der Waals surface area contributed by atoms with Gasteiger partial charge in [0.2, 0.25) is 11.8 Å². The van der Waals surface area contributed by atoms with Gasteiger partial charge in [-0.2, -0.15) is 9.97 Å². The maximum atomic E-state index is 5.75. The molecule has 5 heteroatoms. The molecule has 5 nitrogen and oxygen atoms in total. The lowest BCUT2D eigenvalue weighted by molar-refractivity contribution is 0.397. The molecule has 1 aromatic carbocycles. The van der Waals surface area contributed by atoms with Gasteiger partial charge in [-0.3, -0.25) is 0 Å². The van der Waals surface area contributed by atoms with Gasteiger partial charge in [-0.1, -0.05) is 24.3 Å². The molecule has 2 aromatic rings. The summed E-state index contributed by atoms with van der Waals surface area (Å²) in [6.45, 7) is 1.80. The zero-order valence-corrected chi connectivity index (χ0v) is 11.5. The van der Waals surface area contributed by atoms with E-state index in [9.17, 15) is 0 Å². The van der Waals surface area contributed by atoms with E-state index in [0.29, 0.717) is 5.88 Å². The first-order valence-electron chi connectivity index (χ1n) is 6.76. The molecule has 2 heterocycles. The highest BCUT2D eigenvalue weighted by molar-refractivity contribution is 5.47. The second kappa shape index (κ2) is 5.36. The molecule has 0 amide bonds. The fraction of sp³-hybridized carbons (Fsp3) is 0.333. The van der Waals surface area contributed by atoms with Gasteiger partial charge in [0.15, 0.2) is 0 Å². The first-order valence-corrected chi connectivity index (χ1v) is 6.76. The maximum Gasteiger partial charge on any atom is 0.225 e. The molecule has 3 rings (SSSR count). The molecule has 0 saturated heterocycles. The number of methoxy groups -OCH3 is 1. The summed E-state index contributed by atoms with van der Waals surface area (Å²) in [5, 5.41) is 0. The molecule has 0 aliphatic carbocycles. The predicted molar refractivity (Wildman–Crippen MR) is 78.8 cm³/mol. The predicted octanol–water partition coefficient (Wildman–Crippen LogP) is 2.02. The number of ether oxygens (including phenoxy) is 1. The van der Waals surface area contributed by atoms with Gasteiger partial charge in [-0.15, -0.1) is 0 Å². The molecule has 1 aromatic heterocycles. The molecule has 104 valence electrons. The first kappa shape index (κ1) is 12.7. The average molecular weight is 270 g/mol. The van der Waals surface area contributed by atoms with Crippen LogP contribution in [0.1, 0.15) is 17.5 Å². The smallest absolute Gasteiger partial charge is 0.225 e. The zero-order valence-electron chi connectivity index (χ0n) is 11.5. The van der Waals surface area contributed by atoms with Crippen molar-refractivity contribution in [3.8, 4) is 5.88 Å². The van der Waals surface area contributed by atoms with Gasteiger partial charge in [0.05, 0.1) is 7.11 Å². The van der Waals surface area contributed by atoms with Crippen molar-refractivity contribution in [2.45, 2.75) is 19.4 Å². The number of nitrogens with zero attached hydrogens (tertiary/aromatic N) is 3. The van der Waals surface area contributed by atoms with Crippen LogP contribution in [-0.2, 0) is 13.0 Å². The van der Waals surface area contributed by atoms with Gasteiger partial charge in [0.25, 0.3) is 0 Å². The number of anilines is 2. The number of benzene rings is 1. The summed E-state index contributed by atoms with van der Waals surface area (Å²) in [5.74, 6) is 1.58. The first-order chi connectivity index (χ1) is 9.76. The van der Waals surface area contributed by atoms with Crippen LogP contribution < -0.4 is 15.4 Å². The molecule has 0 radical (unpaired) electrons. The molecule has 1 aliphatic rings. The van der Waals surface area contributed by atoms with Gasteiger partial charge < -0.3 is 15.4 Å². The summed E-state index contributed by atoms with van der Waals surface area (Å²) in [6.07, 6.45) is 2.20. The van der Waals surface area contributed by atoms with Crippen LogP contribution in [0.15, 0.2) is 30.3 Å². The van der Waals surface area contributed by atoms with Gasteiger partial charge in [0.1, 0.15) is 5.82 Å². The van der Waals surface area contributed by atoms with Crippen molar-refractivity contribution in [1.82, 2.24) is 9.97 Å². The van der Waals surface area contributed by atoms with Gasteiger partial charge >= 0.3 is 0 Å². The Hall–Kier alpha value is -2.30. The van der Waals surface area contributed by atoms with E-state index in [1.165, 1.54) is 11.1 Å². The van der Waals surface area contributed by atoms with Crippen molar-refractivity contribution < 1.29 is 4.74 Å². The zero-order chi connectivity index (χ0) is 13.9. The van der Waals surface area contributed by atoms with Crippen LogP contribution in [0, 0.1) is 0 Å². The normalized spacial score (nSPS) is 14.6. The van der Waals surface area contributed by atoms with Crippen LogP contribution in [0.3, 0.4) is 0 Å². The van der Waals surface area contributed by atoms with Gasteiger partial charge in [-0.05, 0) is 24.0 Å². The van der Waals surface area contributed by atoms with Crippen molar-refractivity contribution >= 4 is 11.8 Å². The Morgan fingerprint density at radius 2 is 2.00 bits per heavy atom. The number of aromatic nitrogens is 2. The van der Waals surface area contributed by atoms with Crippen LogP contribution in [0.5, 0.6) is 5.88 Å². The van der Waals surface area contributed by atoms with E-state index in [1.807, 2.05) is 6.07 Å². The van der Waals surface area contributed by atoms with Crippen LogP contribution >= 0.6 is 0 Å². The minimum atomic E-state index is 0.247. The summed E-state index contributed by atoms with van der Waals surface area (Å²) in [5.41, 5.74) is 8.52. The molecule has 1 aliphatic heterocycles. The summed E-state index contributed by atoms with van der Waals surface area (Å²) >= 11 is 0. The molecule has 0 fully saturated rings. The molecule has 0 spiro atoms. The van der Waals surface area contributed by atoms with E-state index in [2.05, 4.69) is 39.1 Å². The highest BCUT2D eigenvalue weighted by Gasteiger charge is 2.16. The number of aryl methyl sites for hydroxylation is 1. The summed E-state index contributed by atoms with van der Waals surface area (Å²) in [6, 6.07) is 10.4. The Morgan fingerprint density at radius 1 is 1.20 bits per heavy atom. The Labute approximate surface area is 118 Å². The van der Waals surface area contributed by atoms with Crippen molar-refractivity contribution in [1.29, 1.82) is 0 Å². The van der Waals surface area contributed by atoms with Crippen LogP contribution in [0.2, 0.25) is 0 Å². The lowest BCUT2D eigenvalue weighted by atomic mass is 10.0. The van der Waals surface area contributed by atoms with E-state index < -0.39 is 0 Å². The molecule has 2 N–H and O–H groups in total. The third-order valence-electron chi connectivity index (χ3n) is 3.59. The minimum Gasteiger partial charge on any atom is -0.481 e. The van der Waals surface area contributed by atoms with E-state index in [0.717, 1.165) is 31.7 Å². The summed E-state index contributed by atoms with van der Waals surface area (Å²) in [4.78, 5) is 10.6. The van der Waals surface area contributed by atoms with Gasteiger partial charge in [0, 0.05) is 19.2 Å². The Balaban J connectivity index is 1.93. The lowest BCUT2D eigenvalue weighted by Crippen LogP contribution is -2.24. The minimum absolute atomic E-state index is 0.247. The highest BCUT2D eigenvalue weighted by atomic mass is 16.5. The summed E-state index contributed by atoms with van der Waals surface area (Å²) < 4.78 is 5.17. The molecule has 0 saturated carbocycles. The van der Waals surface area contributed by atoms with Crippen molar-refractivity contribution in [2.75, 3.05) is 24.3 Å². The number of rotatable bonds is 2. The molecule has 0 bridgehead atoms. The van der Waals surface area contributed by atoms with E-state index in [-0.39, 0.29) is 5.95 Å². The van der Waals surface area contributed by atoms with Crippen LogP contribution in [0.25, 0.3) is 0 Å².